The van der Waals surface area contributed by atoms with Crippen molar-refractivity contribution in [3.63, 3.8) is 0 Å². The van der Waals surface area contributed by atoms with Crippen LogP contribution in [0.15, 0.2) is 77.6 Å². The molecule has 31 heavy (non-hydrogen) atoms. The number of hydrogen-bond acceptors (Lipinski definition) is 3. The van der Waals surface area contributed by atoms with Gasteiger partial charge in [0.05, 0.1) is 5.69 Å². The second kappa shape index (κ2) is 7.87. The van der Waals surface area contributed by atoms with Gasteiger partial charge in [-0.15, -0.1) is 0 Å². The van der Waals surface area contributed by atoms with E-state index in [1.165, 1.54) is 4.68 Å². The van der Waals surface area contributed by atoms with E-state index in [0.29, 0.717) is 13.1 Å². The number of carbonyl (C=O) groups excluding carboxylic acids is 1. The van der Waals surface area contributed by atoms with Gasteiger partial charge in [-0.25, -0.2) is 14.0 Å². The Hall–Kier alpha value is -3.67. The number of benzene rings is 3. The van der Waals surface area contributed by atoms with Crippen LogP contribution in [0.2, 0.25) is 0 Å². The van der Waals surface area contributed by atoms with Gasteiger partial charge in [0, 0.05) is 31.6 Å². The Kier molecular flexibility index (Phi) is 4.90. The summed E-state index contributed by atoms with van der Waals surface area (Å²) in [5, 5.41) is 6.60. The first-order valence-electron chi connectivity index (χ1n) is 10.6. The Balaban J connectivity index is 1.39. The molecule has 5 rings (SSSR count). The van der Waals surface area contributed by atoms with E-state index in [1.807, 2.05) is 77.7 Å². The molecule has 0 radical (unpaired) electrons. The molecular formula is C25H24N4O2. The van der Waals surface area contributed by atoms with Gasteiger partial charge < -0.3 is 4.90 Å². The van der Waals surface area contributed by atoms with Crippen LogP contribution in [-0.4, -0.2) is 38.2 Å². The molecule has 6 heteroatoms. The highest BCUT2D eigenvalue weighted by atomic mass is 16.2. The Bertz CT molecular complexity index is 1290. The van der Waals surface area contributed by atoms with Crippen molar-refractivity contribution in [1.82, 2.24) is 19.2 Å². The van der Waals surface area contributed by atoms with Crippen LogP contribution in [0.3, 0.4) is 0 Å². The summed E-state index contributed by atoms with van der Waals surface area (Å²) in [5.74, 6) is 0.971. The molecule has 0 saturated carbocycles. The fourth-order valence-corrected chi connectivity index (χ4v) is 4.49. The second-order valence-electron chi connectivity index (χ2n) is 8.03. The Morgan fingerprint density at radius 3 is 2.35 bits per heavy atom. The molecule has 1 saturated heterocycles. The van der Waals surface area contributed by atoms with Crippen LogP contribution in [0.1, 0.15) is 34.9 Å². The van der Waals surface area contributed by atoms with Gasteiger partial charge in [-0.05, 0) is 41.8 Å². The highest BCUT2D eigenvalue weighted by molar-refractivity contribution is 6.07. The van der Waals surface area contributed by atoms with E-state index in [0.717, 1.165) is 40.7 Å². The zero-order valence-corrected chi connectivity index (χ0v) is 17.4. The van der Waals surface area contributed by atoms with Gasteiger partial charge in [-0.3, -0.25) is 4.79 Å². The first-order valence-corrected chi connectivity index (χ1v) is 10.6. The SMILES string of the molecule is Cn1nc(C2CCN(C(=O)c3cccc4ccccc34)CC2)n(-c2ccccc2)c1=O. The van der Waals surface area contributed by atoms with Crippen LogP contribution in [0.25, 0.3) is 16.5 Å². The Morgan fingerprint density at radius 1 is 0.903 bits per heavy atom. The minimum Gasteiger partial charge on any atom is -0.339 e. The molecule has 0 atom stereocenters. The molecule has 4 aromatic rings. The van der Waals surface area contributed by atoms with E-state index >= 15 is 0 Å². The molecule has 1 fully saturated rings. The molecule has 156 valence electrons. The molecular weight excluding hydrogens is 388 g/mol. The van der Waals surface area contributed by atoms with Gasteiger partial charge in [0.2, 0.25) is 0 Å². The van der Waals surface area contributed by atoms with Crippen molar-refractivity contribution in [2.75, 3.05) is 13.1 Å². The normalized spacial score (nSPS) is 14.8. The van der Waals surface area contributed by atoms with Crippen molar-refractivity contribution < 1.29 is 4.79 Å². The van der Waals surface area contributed by atoms with Gasteiger partial charge in [0.1, 0.15) is 5.82 Å². The molecule has 1 aromatic heterocycles. The van der Waals surface area contributed by atoms with E-state index in [-0.39, 0.29) is 17.5 Å². The summed E-state index contributed by atoms with van der Waals surface area (Å²) in [6, 6.07) is 23.5. The standard InChI is InChI=1S/C25H24N4O2/c1-27-25(31)29(20-10-3-2-4-11-20)23(26-27)19-14-16-28(17-15-19)24(30)22-13-7-9-18-8-5-6-12-21(18)22/h2-13,19H,14-17H2,1H3. The zero-order chi connectivity index (χ0) is 21.4. The summed E-state index contributed by atoms with van der Waals surface area (Å²) in [5.41, 5.74) is 1.43. The molecule has 1 aliphatic rings. The first-order chi connectivity index (χ1) is 15.1. The lowest BCUT2D eigenvalue weighted by atomic mass is 9.94. The number of likely N-dealkylation sites (tertiary alicyclic amines) is 1. The van der Waals surface area contributed by atoms with Crippen molar-refractivity contribution in [2.24, 2.45) is 7.05 Å². The molecule has 6 nitrogen and oxygen atoms in total. The number of aromatic nitrogens is 3. The average Bonchev–Trinajstić information content (AvgIpc) is 3.13. The number of rotatable bonds is 3. The van der Waals surface area contributed by atoms with Gasteiger partial charge in [-0.2, -0.15) is 5.10 Å². The van der Waals surface area contributed by atoms with Crippen LogP contribution in [-0.2, 0) is 7.05 Å². The third-order valence-electron chi connectivity index (χ3n) is 6.13. The lowest BCUT2D eigenvalue weighted by Crippen LogP contribution is -2.38. The lowest BCUT2D eigenvalue weighted by Gasteiger charge is -2.32. The number of amides is 1. The fraction of sp³-hybridized carbons (Fsp3) is 0.240. The summed E-state index contributed by atoms with van der Waals surface area (Å²) in [4.78, 5) is 27.9. The smallest absolute Gasteiger partial charge is 0.339 e. The van der Waals surface area contributed by atoms with E-state index in [4.69, 9.17) is 0 Å². The summed E-state index contributed by atoms with van der Waals surface area (Å²) >= 11 is 0. The number of nitrogens with zero attached hydrogens (tertiary/aromatic N) is 4. The molecule has 0 spiro atoms. The quantitative estimate of drug-likeness (QED) is 0.515. The highest BCUT2D eigenvalue weighted by Crippen LogP contribution is 2.29. The maximum absolute atomic E-state index is 13.3. The second-order valence-corrected chi connectivity index (χ2v) is 8.03. The minimum absolute atomic E-state index is 0.0664. The molecule has 0 bridgehead atoms. The minimum atomic E-state index is -0.143. The number of hydrogen-bond donors (Lipinski definition) is 0. The van der Waals surface area contributed by atoms with Crippen LogP contribution in [0.4, 0.5) is 0 Å². The van der Waals surface area contributed by atoms with E-state index in [1.54, 1.807) is 11.6 Å². The molecule has 1 aliphatic heterocycles. The van der Waals surface area contributed by atoms with Crippen LogP contribution in [0.5, 0.6) is 0 Å². The summed E-state index contributed by atoms with van der Waals surface area (Å²) in [7, 11) is 1.68. The van der Waals surface area contributed by atoms with E-state index < -0.39 is 0 Å². The van der Waals surface area contributed by atoms with Crippen LogP contribution >= 0.6 is 0 Å². The highest BCUT2D eigenvalue weighted by Gasteiger charge is 2.29. The Labute approximate surface area is 180 Å². The lowest BCUT2D eigenvalue weighted by molar-refractivity contribution is 0.0712. The number of para-hydroxylation sites is 1. The van der Waals surface area contributed by atoms with Crippen molar-refractivity contribution in [1.29, 1.82) is 0 Å². The molecule has 3 aromatic carbocycles. The third kappa shape index (κ3) is 3.44. The summed E-state index contributed by atoms with van der Waals surface area (Å²) < 4.78 is 3.10. The largest absolute Gasteiger partial charge is 0.350 e. The predicted octanol–water partition coefficient (Wildman–Crippen LogP) is 3.74. The Morgan fingerprint density at radius 2 is 1.58 bits per heavy atom. The van der Waals surface area contributed by atoms with Gasteiger partial charge in [0.25, 0.3) is 5.91 Å². The van der Waals surface area contributed by atoms with Crippen molar-refractivity contribution in [3.8, 4) is 5.69 Å². The molecule has 0 N–H and O–H groups in total. The van der Waals surface area contributed by atoms with Gasteiger partial charge >= 0.3 is 5.69 Å². The fourth-order valence-electron chi connectivity index (χ4n) is 4.49. The maximum atomic E-state index is 13.3. The zero-order valence-electron chi connectivity index (χ0n) is 17.4. The molecule has 1 amide bonds. The number of piperidine rings is 1. The summed E-state index contributed by atoms with van der Waals surface area (Å²) in [6.07, 6.45) is 1.56. The molecule has 0 unspecified atom stereocenters. The van der Waals surface area contributed by atoms with Crippen LogP contribution < -0.4 is 5.69 Å². The van der Waals surface area contributed by atoms with E-state index in [2.05, 4.69) is 5.10 Å². The van der Waals surface area contributed by atoms with Crippen molar-refractivity contribution >= 4 is 16.7 Å². The monoisotopic (exact) mass is 412 g/mol. The van der Waals surface area contributed by atoms with Crippen molar-refractivity contribution in [3.05, 3.63) is 94.7 Å². The van der Waals surface area contributed by atoms with E-state index in [9.17, 15) is 9.59 Å². The predicted molar refractivity (Wildman–Crippen MR) is 121 cm³/mol. The molecule has 0 aliphatic carbocycles. The van der Waals surface area contributed by atoms with Crippen LogP contribution in [0, 0.1) is 0 Å². The maximum Gasteiger partial charge on any atom is 0.350 e. The molecule has 2 heterocycles. The third-order valence-corrected chi connectivity index (χ3v) is 6.13. The van der Waals surface area contributed by atoms with Gasteiger partial charge in [-0.1, -0.05) is 54.6 Å². The van der Waals surface area contributed by atoms with Crippen molar-refractivity contribution in [2.45, 2.75) is 18.8 Å². The number of aryl methyl sites for hydroxylation is 1. The topological polar surface area (TPSA) is 60.1 Å². The number of carbonyl (C=O) groups is 1. The first kappa shape index (κ1) is 19.3. The number of fused-ring (bicyclic) bond motifs is 1. The van der Waals surface area contributed by atoms with Gasteiger partial charge in [0.15, 0.2) is 0 Å². The summed E-state index contributed by atoms with van der Waals surface area (Å²) in [6.45, 7) is 1.29. The average molecular weight is 412 g/mol.